The van der Waals surface area contributed by atoms with Crippen LogP contribution in [0.2, 0.25) is 0 Å². The van der Waals surface area contributed by atoms with Crippen LogP contribution in [0.4, 0.5) is 4.39 Å². The van der Waals surface area contributed by atoms with E-state index in [1.165, 1.54) is 0 Å². The molecule has 3 atom stereocenters. The molecule has 0 saturated heterocycles. The Morgan fingerprint density at radius 2 is 2.06 bits per heavy atom. The first-order valence-corrected chi connectivity index (χ1v) is 6.41. The number of carbonyl (C=O) groups is 1. The van der Waals surface area contributed by atoms with Crippen LogP contribution in [0.15, 0.2) is 0 Å². The topological polar surface area (TPSA) is 61.4 Å². The van der Waals surface area contributed by atoms with Gasteiger partial charge in [-0.05, 0) is 45.1 Å². The van der Waals surface area contributed by atoms with Crippen LogP contribution in [-0.2, 0) is 4.79 Å². The minimum Gasteiger partial charge on any atom is -0.382 e. The third-order valence-corrected chi connectivity index (χ3v) is 3.56. The molecule has 17 heavy (non-hydrogen) atoms. The van der Waals surface area contributed by atoms with E-state index in [-0.39, 0.29) is 24.3 Å². The molecule has 0 aromatic rings. The molecule has 2 saturated carbocycles. The number of halogens is 1. The molecule has 5 heteroatoms. The van der Waals surface area contributed by atoms with E-state index in [1.807, 2.05) is 0 Å². The molecular formula is C12H21FN2O2. The largest absolute Gasteiger partial charge is 0.382 e. The standard InChI is InChI=1S/C12H21FN2O2/c1-14-10(6-9(13)7-2-3-7)11(16)12(17)15-8-4-5-8/h7-11,14,16H,2-6H2,1H3,(H,15,17). The summed E-state index contributed by atoms with van der Waals surface area (Å²) in [7, 11) is 1.65. The number of nitrogens with one attached hydrogen (secondary N) is 2. The maximum absolute atomic E-state index is 13.6. The number of carbonyl (C=O) groups excluding carboxylic acids is 1. The van der Waals surface area contributed by atoms with Crippen LogP contribution in [0.25, 0.3) is 0 Å². The van der Waals surface area contributed by atoms with E-state index in [2.05, 4.69) is 10.6 Å². The van der Waals surface area contributed by atoms with Gasteiger partial charge in [-0.2, -0.15) is 0 Å². The average molecular weight is 244 g/mol. The Balaban J connectivity index is 1.79. The van der Waals surface area contributed by atoms with Gasteiger partial charge in [0.05, 0.1) is 0 Å². The Labute approximate surface area is 101 Å². The van der Waals surface area contributed by atoms with Crippen LogP contribution in [0.3, 0.4) is 0 Å². The minimum absolute atomic E-state index is 0.143. The second-order valence-corrected chi connectivity index (χ2v) is 5.21. The SMILES string of the molecule is CNC(CC(F)C1CC1)C(O)C(=O)NC1CC1. The first-order valence-electron chi connectivity index (χ1n) is 6.41. The van der Waals surface area contributed by atoms with E-state index in [1.54, 1.807) is 7.05 Å². The zero-order chi connectivity index (χ0) is 12.4. The molecule has 0 bridgehead atoms. The van der Waals surface area contributed by atoms with Crippen LogP contribution in [0, 0.1) is 5.92 Å². The van der Waals surface area contributed by atoms with Crippen molar-refractivity contribution in [2.75, 3.05) is 7.05 Å². The molecule has 0 spiro atoms. The van der Waals surface area contributed by atoms with Crippen molar-refractivity contribution in [1.82, 2.24) is 10.6 Å². The van der Waals surface area contributed by atoms with Crippen molar-refractivity contribution in [2.45, 2.75) is 56.5 Å². The molecule has 0 aromatic heterocycles. The predicted octanol–water partition coefficient (Wildman–Crippen LogP) is 0.352. The van der Waals surface area contributed by atoms with Crippen molar-refractivity contribution in [3.8, 4) is 0 Å². The highest BCUT2D eigenvalue weighted by Crippen LogP contribution is 2.36. The monoisotopic (exact) mass is 244 g/mol. The average Bonchev–Trinajstić information content (AvgIpc) is 3.15. The fraction of sp³-hybridized carbons (Fsp3) is 0.917. The summed E-state index contributed by atoms with van der Waals surface area (Å²) in [4.78, 5) is 11.6. The summed E-state index contributed by atoms with van der Waals surface area (Å²) >= 11 is 0. The lowest BCUT2D eigenvalue weighted by Gasteiger charge is -2.23. The molecule has 4 nitrogen and oxygen atoms in total. The lowest BCUT2D eigenvalue weighted by Crippen LogP contribution is -2.49. The molecule has 0 aliphatic heterocycles. The third kappa shape index (κ3) is 3.64. The predicted molar refractivity (Wildman–Crippen MR) is 62.3 cm³/mol. The number of aliphatic hydroxyl groups excluding tert-OH is 1. The molecule has 1 amide bonds. The highest BCUT2D eigenvalue weighted by molar-refractivity contribution is 5.81. The van der Waals surface area contributed by atoms with Gasteiger partial charge in [0.2, 0.25) is 0 Å². The molecule has 3 N–H and O–H groups in total. The molecule has 2 aliphatic rings. The van der Waals surface area contributed by atoms with Crippen molar-refractivity contribution in [3.63, 3.8) is 0 Å². The molecule has 98 valence electrons. The van der Waals surface area contributed by atoms with Gasteiger partial charge < -0.3 is 15.7 Å². The van der Waals surface area contributed by atoms with Gasteiger partial charge in [-0.1, -0.05) is 0 Å². The Hall–Kier alpha value is -0.680. The van der Waals surface area contributed by atoms with E-state index in [9.17, 15) is 14.3 Å². The second kappa shape index (κ2) is 5.31. The second-order valence-electron chi connectivity index (χ2n) is 5.21. The number of likely N-dealkylation sites (N-methyl/N-ethyl adjacent to an activating group) is 1. The van der Waals surface area contributed by atoms with Crippen molar-refractivity contribution in [2.24, 2.45) is 5.92 Å². The number of aliphatic hydroxyl groups is 1. The number of hydrogen-bond acceptors (Lipinski definition) is 3. The first-order chi connectivity index (χ1) is 8.11. The molecule has 0 radical (unpaired) electrons. The number of hydrogen-bond donors (Lipinski definition) is 3. The van der Waals surface area contributed by atoms with Crippen LogP contribution in [0.5, 0.6) is 0 Å². The molecule has 0 heterocycles. The number of alkyl halides is 1. The highest BCUT2D eigenvalue weighted by atomic mass is 19.1. The van der Waals surface area contributed by atoms with Gasteiger partial charge in [0.15, 0.2) is 0 Å². The van der Waals surface area contributed by atoms with Crippen LogP contribution in [-0.4, -0.2) is 42.4 Å². The van der Waals surface area contributed by atoms with E-state index in [0.29, 0.717) is 0 Å². The van der Waals surface area contributed by atoms with Crippen molar-refractivity contribution >= 4 is 5.91 Å². The van der Waals surface area contributed by atoms with Gasteiger partial charge in [-0.25, -0.2) is 4.39 Å². The van der Waals surface area contributed by atoms with Gasteiger partial charge in [-0.3, -0.25) is 4.79 Å². The Morgan fingerprint density at radius 1 is 1.41 bits per heavy atom. The lowest BCUT2D eigenvalue weighted by atomic mass is 10.0. The molecule has 2 fully saturated rings. The van der Waals surface area contributed by atoms with Gasteiger partial charge in [-0.15, -0.1) is 0 Å². The van der Waals surface area contributed by atoms with Crippen LogP contribution < -0.4 is 10.6 Å². The maximum atomic E-state index is 13.6. The smallest absolute Gasteiger partial charge is 0.250 e. The van der Waals surface area contributed by atoms with Gasteiger partial charge >= 0.3 is 0 Å². The summed E-state index contributed by atoms with van der Waals surface area (Å²) in [5.74, 6) is -0.237. The first kappa shape index (κ1) is 12.8. The zero-order valence-electron chi connectivity index (χ0n) is 10.2. The fourth-order valence-electron chi connectivity index (χ4n) is 1.99. The summed E-state index contributed by atoms with van der Waals surface area (Å²) < 4.78 is 13.6. The van der Waals surface area contributed by atoms with Gasteiger partial charge in [0.25, 0.3) is 5.91 Å². The van der Waals surface area contributed by atoms with Gasteiger partial charge in [0, 0.05) is 12.1 Å². The third-order valence-electron chi connectivity index (χ3n) is 3.56. The Morgan fingerprint density at radius 3 is 2.53 bits per heavy atom. The summed E-state index contributed by atoms with van der Waals surface area (Å²) in [6, 6.07) is -0.274. The molecule has 2 aliphatic carbocycles. The van der Waals surface area contributed by atoms with E-state index in [4.69, 9.17) is 0 Å². The Bertz CT molecular complexity index is 280. The zero-order valence-corrected chi connectivity index (χ0v) is 10.2. The summed E-state index contributed by atoms with van der Waals surface area (Å²) in [5.41, 5.74) is 0. The quantitative estimate of drug-likeness (QED) is 0.605. The van der Waals surface area contributed by atoms with Crippen molar-refractivity contribution < 1.29 is 14.3 Å². The fourth-order valence-corrected chi connectivity index (χ4v) is 1.99. The summed E-state index contributed by atoms with van der Waals surface area (Å²) in [6.07, 6.45) is 1.98. The van der Waals surface area contributed by atoms with E-state index in [0.717, 1.165) is 25.7 Å². The summed E-state index contributed by atoms with van der Waals surface area (Å²) in [6.45, 7) is 0. The molecule has 0 aromatic carbocycles. The molecule has 3 unspecified atom stereocenters. The van der Waals surface area contributed by atoms with Crippen LogP contribution in [0.1, 0.15) is 32.1 Å². The van der Waals surface area contributed by atoms with E-state index >= 15 is 0 Å². The molecular weight excluding hydrogens is 223 g/mol. The van der Waals surface area contributed by atoms with Crippen LogP contribution >= 0.6 is 0 Å². The maximum Gasteiger partial charge on any atom is 0.250 e. The van der Waals surface area contributed by atoms with Crippen molar-refractivity contribution in [1.29, 1.82) is 0 Å². The summed E-state index contributed by atoms with van der Waals surface area (Å²) in [5, 5.41) is 15.4. The highest BCUT2D eigenvalue weighted by Gasteiger charge is 2.36. The Kier molecular flexibility index (Phi) is 3.99. The minimum atomic E-state index is -1.16. The number of rotatable bonds is 7. The van der Waals surface area contributed by atoms with Gasteiger partial charge in [0.1, 0.15) is 12.3 Å². The number of amides is 1. The normalized spacial score (nSPS) is 25.1. The molecule has 2 rings (SSSR count). The lowest BCUT2D eigenvalue weighted by molar-refractivity contribution is -0.131. The van der Waals surface area contributed by atoms with Crippen molar-refractivity contribution in [3.05, 3.63) is 0 Å². The van der Waals surface area contributed by atoms with E-state index < -0.39 is 18.3 Å².